The van der Waals surface area contributed by atoms with Gasteiger partial charge in [-0.1, -0.05) is 0 Å². The van der Waals surface area contributed by atoms with Crippen LogP contribution in [-0.2, 0) is 9.53 Å². The zero-order valence-electron chi connectivity index (χ0n) is 10.5. The first-order valence-electron chi connectivity index (χ1n) is 5.38. The highest BCUT2D eigenvalue weighted by molar-refractivity contribution is 5.78. The van der Waals surface area contributed by atoms with Crippen LogP contribution in [0.1, 0.15) is 34.1 Å². The molecule has 0 aromatic carbocycles. The van der Waals surface area contributed by atoms with E-state index < -0.39 is 0 Å². The van der Waals surface area contributed by atoms with Gasteiger partial charge in [-0.3, -0.25) is 4.79 Å². The molecule has 1 unspecified atom stereocenters. The van der Waals surface area contributed by atoms with Crippen molar-refractivity contribution in [2.24, 2.45) is 0 Å². The molecular weight excluding hydrogens is 192 g/mol. The van der Waals surface area contributed by atoms with Gasteiger partial charge in [0.25, 0.3) is 0 Å². The number of rotatable bonds is 6. The van der Waals surface area contributed by atoms with Crippen LogP contribution < -0.4 is 10.6 Å². The molecule has 90 valence electrons. The lowest BCUT2D eigenvalue weighted by molar-refractivity contribution is -0.121. The number of carbonyl (C=O) groups is 1. The normalized spacial score (nSPS) is 13.7. The SMILES string of the molecule is COCCC(C)NC(=O)CNC(C)(C)C. The minimum Gasteiger partial charge on any atom is -0.385 e. The minimum atomic E-state index is -0.0207. The molecule has 0 aliphatic rings. The number of nitrogens with one attached hydrogen (secondary N) is 2. The van der Waals surface area contributed by atoms with Crippen molar-refractivity contribution >= 4 is 5.91 Å². The van der Waals surface area contributed by atoms with Crippen LogP contribution in [0.2, 0.25) is 0 Å². The maximum atomic E-state index is 11.4. The van der Waals surface area contributed by atoms with Gasteiger partial charge < -0.3 is 15.4 Å². The van der Waals surface area contributed by atoms with Crippen molar-refractivity contribution in [1.29, 1.82) is 0 Å². The van der Waals surface area contributed by atoms with E-state index >= 15 is 0 Å². The van der Waals surface area contributed by atoms with Crippen molar-refractivity contribution in [3.05, 3.63) is 0 Å². The smallest absolute Gasteiger partial charge is 0.234 e. The average molecular weight is 216 g/mol. The summed E-state index contributed by atoms with van der Waals surface area (Å²) in [6.07, 6.45) is 0.845. The first kappa shape index (κ1) is 14.4. The molecule has 0 fully saturated rings. The van der Waals surface area contributed by atoms with E-state index in [-0.39, 0.29) is 17.5 Å². The number of hydrogen-bond acceptors (Lipinski definition) is 3. The van der Waals surface area contributed by atoms with E-state index in [2.05, 4.69) is 10.6 Å². The first-order chi connectivity index (χ1) is 6.85. The van der Waals surface area contributed by atoms with E-state index in [1.165, 1.54) is 0 Å². The number of methoxy groups -OCH3 is 1. The molecule has 2 N–H and O–H groups in total. The highest BCUT2D eigenvalue weighted by atomic mass is 16.5. The molecule has 0 saturated heterocycles. The molecule has 0 aromatic rings. The fraction of sp³-hybridized carbons (Fsp3) is 0.909. The molecule has 0 heterocycles. The van der Waals surface area contributed by atoms with Crippen LogP contribution in [0.5, 0.6) is 0 Å². The Hall–Kier alpha value is -0.610. The quantitative estimate of drug-likeness (QED) is 0.694. The predicted molar refractivity (Wildman–Crippen MR) is 61.9 cm³/mol. The molecule has 0 saturated carbocycles. The molecule has 1 amide bonds. The summed E-state index contributed by atoms with van der Waals surface area (Å²) >= 11 is 0. The molecule has 0 spiro atoms. The van der Waals surface area contributed by atoms with Crippen molar-refractivity contribution < 1.29 is 9.53 Å². The number of carbonyl (C=O) groups excluding carboxylic acids is 1. The topological polar surface area (TPSA) is 50.4 Å². The van der Waals surface area contributed by atoms with E-state index in [0.717, 1.165) is 6.42 Å². The van der Waals surface area contributed by atoms with E-state index in [1.54, 1.807) is 7.11 Å². The molecule has 0 radical (unpaired) electrons. The van der Waals surface area contributed by atoms with Crippen molar-refractivity contribution in [3.63, 3.8) is 0 Å². The van der Waals surface area contributed by atoms with Gasteiger partial charge in [0.15, 0.2) is 0 Å². The highest BCUT2D eigenvalue weighted by Crippen LogP contribution is 1.97. The molecule has 4 nitrogen and oxygen atoms in total. The molecule has 0 bridgehead atoms. The Morgan fingerprint density at radius 2 is 2.00 bits per heavy atom. The molecular formula is C11H24N2O2. The lowest BCUT2D eigenvalue weighted by Gasteiger charge is -2.21. The van der Waals surface area contributed by atoms with Crippen LogP contribution in [0.4, 0.5) is 0 Å². The first-order valence-corrected chi connectivity index (χ1v) is 5.38. The van der Waals surface area contributed by atoms with Crippen molar-refractivity contribution in [3.8, 4) is 0 Å². The molecule has 15 heavy (non-hydrogen) atoms. The van der Waals surface area contributed by atoms with Gasteiger partial charge in [0, 0.05) is 25.3 Å². The van der Waals surface area contributed by atoms with Crippen LogP contribution in [0, 0.1) is 0 Å². The second-order valence-electron chi connectivity index (χ2n) is 4.85. The standard InChI is InChI=1S/C11H24N2O2/c1-9(6-7-15-5)13-10(14)8-12-11(2,3)4/h9,12H,6-8H2,1-5H3,(H,13,14). The molecule has 0 rings (SSSR count). The van der Waals surface area contributed by atoms with Crippen LogP contribution in [0.25, 0.3) is 0 Å². The third-order valence-corrected chi connectivity index (χ3v) is 1.94. The largest absolute Gasteiger partial charge is 0.385 e. The number of amides is 1. The van der Waals surface area contributed by atoms with Crippen LogP contribution in [-0.4, -0.2) is 37.7 Å². The second kappa shape index (κ2) is 6.80. The van der Waals surface area contributed by atoms with E-state index in [4.69, 9.17) is 4.74 Å². The Morgan fingerprint density at radius 3 is 2.47 bits per heavy atom. The molecule has 4 heteroatoms. The summed E-state index contributed by atoms with van der Waals surface area (Å²) in [5.74, 6) is 0.0357. The summed E-state index contributed by atoms with van der Waals surface area (Å²) in [5, 5.41) is 6.05. The Labute approximate surface area is 92.8 Å². The summed E-state index contributed by atoms with van der Waals surface area (Å²) in [5.41, 5.74) is -0.0207. The summed E-state index contributed by atoms with van der Waals surface area (Å²) < 4.78 is 4.94. The second-order valence-corrected chi connectivity index (χ2v) is 4.85. The van der Waals surface area contributed by atoms with Gasteiger partial charge in [-0.25, -0.2) is 0 Å². The zero-order chi connectivity index (χ0) is 11.9. The number of hydrogen-bond donors (Lipinski definition) is 2. The molecule has 0 aromatic heterocycles. The third-order valence-electron chi connectivity index (χ3n) is 1.94. The van der Waals surface area contributed by atoms with Gasteiger partial charge in [-0.05, 0) is 34.1 Å². The maximum Gasteiger partial charge on any atom is 0.234 e. The third kappa shape index (κ3) is 9.69. The Kier molecular flexibility index (Phi) is 6.52. The van der Waals surface area contributed by atoms with E-state index in [0.29, 0.717) is 13.2 Å². The Balaban J connectivity index is 3.64. The average Bonchev–Trinajstić information content (AvgIpc) is 2.10. The lowest BCUT2D eigenvalue weighted by Crippen LogP contribution is -2.45. The predicted octanol–water partition coefficient (Wildman–Crippen LogP) is 0.916. The van der Waals surface area contributed by atoms with Crippen LogP contribution >= 0.6 is 0 Å². The summed E-state index contributed by atoms with van der Waals surface area (Å²) in [7, 11) is 1.66. The Morgan fingerprint density at radius 1 is 1.40 bits per heavy atom. The van der Waals surface area contributed by atoms with Crippen LogP contribution in [0.15, 0.2) is 0 Å². The maximum absolute atomic E-state index is 11.4. The zero-order valence-corrected chi connectivity index (χ0v) is 10.5. The minimum absolute atomic E-state index is 0.0207. The van der Waals surface area contributed by atoms with Crippen molar-refractivity contribution in [2.45, 2.75) is 45.7 Å². The van der Waals surface area contributed by atoms with Crippen LogP contribution in [0.3, 0.4) is 0 Å². The van der Waals surface area contributed by atoms with Gasteiger partial charge in [0.05, 0.1) is 6.54 Å². The van der Waals surface area contributed by atoms with Crippen molar-refractivity contribution in [2.75, 3.05) is 20.3 Å². The van der Waals surface area contributed by atoms with Gasteiger partial charge >= 0.3 is 0 Å². The van der Waals surface area contributed by atoms with Gasteiger partial charge in [-0.15, -0.1) is 0 Å². The van der Waals surface area contributed by atoms with E-state index in [9.17, 15) is 4.79 Å². The lowest BCUT2D eigenvalue weighted by atomic mass is 10.1. The number of ether oxygens (including phenoxy) is 1. The highest BCUT2D eigenvalue weighted by Gasteiger charge is 2.12. The van der Waals surface area contributed by atoms with Gasteiger partial charge in [-0.2, -0.15) is 0 Å². The molecule has 0 aliphatic carbocycles. The summed E-state index contributed by atoms with van der Waals surface area (Å²) in [4.78, 5) is 11.4. The Bertz CT molecular complexity index is 188. The summed E-state index contributed by atoms with van der Waals surface area (Å²) in [6.45, 7) is 9.13. The fourth-order valence-electron chi connectivity index (χ4n) is 1.04. The van der Waals surface area contributed by atoms with Gasteiger partial charge in [0.1, 0.15) is 0 Å². The molecule has 1 atom stereocenters. The van der Waals surface area contributed by atoms with Crippen molar-refractivity contribution in [1.82, 2.24) is 10.6 Å². The fourth-order valence-corrected chi connectivity index (χ4v) is 1.04. The summed E-state index contributed by atoms with van der Waals surface area (Å²) in [6, 6.07) is 0.166. The van der Waals surface area contributed by atoms with Gasteiger partial charge in [0.2, 0.25) is 5.91 Å². The monoisotopic (exact) mass is 216 g/mol. The van der Waals surface area contributed by atoms with E-state index in [1.807, 2.05) is 27.7 Å². The molecule has 0 aliphatic heterocycles.